The van der Waals surface area contributed by atoms with E-state index in [1.165, 1.54) is 17.0 Å². The molecule has 0 spiro atoms. The molecule has 1 aliphatic rings. The Labute approximate surface area is 256 Å². The number of anilines is 1. The summed E-state index contributed by atoms with van der Waals surface area (Å²) in [6.07, 6.45) is -0.0846. The number of carbonyl (C=O) groups excluding carboxylic acids is 4. The molecule has 222 valence electrons. The molecule has 3 amide bonds. The van der Waals surface area contributed by atoms with Crippen LogP contribution >= 0.6 is 23.2 Å². The van der Waals surface area contributed by atoms with Gasteiger partial charge in [-0.1, -0.05) is 82.9 Å². The summed E-state index contributed by atoms with van der Waals surface area (Å²) in [6.45, 7) is -0.00679. The minimum absolute atomic E-state index is 0.0399. The largest absolute Gasteiger partial charge is 0.342 e. The Balaban J connectivity index is 1.53. The molecule has 43 heavy (non-hydrogen) atoms. The maximum atomic E-state index is 14.6. The van der Waals surface area contributed by atoms with E-state index in [0.717, 1.165) is 11.1 Å². The molecular weight excluding hydrogens is 598 g/mol. The van der Waals surface area contributed by atoms with E-state index in [2.05, 4.69) is 20.7 Å². The molecule has 0 saturated heterocycles. The zero-order valence-corrected chi connectivity index (χ0v) is 24.3. The number of ketones is 1. The van der Waals surface area contributed by atoms with Gasteiger partial charge in [0.2, 0.25) is 17.7 Å². The van der Waals surface area contributed by atoms with Crippen molar-refractivity contribution in [2.75, 3.05) is 11.9 Å². The average molecular weight is 625 g/mol. The first kappa shape index (κ1) is 31.5. The quantitative estimate of drug-likeness (QED) is 0.0903. The van der Waals surface area contributed by atoms with Gasteiger partial charge < -0.3 is 15.5 Å². The zero-order chi connectivity index (χ0) is 30.9. The van der Waals surface area contributed by atoms with Gasteiger partial charge in [-0.05, 0) is 35.2 Å². The highest BCUT2D eigenvalue weighted by Crippen LogP contribution is 2.30. The summed E-state index contributed by atoms with van der Waals surface area (Å²) < 4.78 is 14.6. The number of hydrogen-bond acceptors (Lipinski definition) is 5. The summed E-state index contributed by atoms with van der Waals surface area (Å²) in [5, 5.41) is 8.05. The maximum Gasteiger partial charge on any atom is 0.247 e. The first-order valence-electron chi connectivity index (χ1n) is 13.4. The fourth-order valence-corrected chi connectivity index (χ4v) is 5.07. The normalized spacial score (nSPS) is 14.6. The SMILES string of the molecule is [N-]=[N+]=NCC[C@H](NC(=O)[C@@H]1Cc2ccccc2CN1C(=O)CCC(=O)c1ccccc1)C(=O)Nc1ccc(Cl)c(Cl)c1F. The summed E-state index contributed by atoms with van der Waals surface area (Å²) in [6, 6.07) is 16.3. The second-order valence-corrected chi connectivity index (χ2v) is 10.6. The Bertz CT molecular complexity index is 1580. The number of benzene rings is 3. The van der Waals surface area contributed by atoms with Crippen LogP contribution in [0.1, 0.15) is 40.7 Å². The van der Waals surface area contributed by atoms with Crippen LogP contribution in [0, 0.1) is 5.82 Å². The van der Waals surface area contributed by atoms with Crippen molar-refractivity contribution in [1.29, 1.82) is 0 Å². The molecular formula is C30H27Cl2FN6O4. The number of amides is 3. The predicted octanol–water partition coefficient (Wildman–Crippen LogP) is 5.87. The lowest BCUT2D eigenvalue weighted by Gasteiger charge is -2.36. The van der Waals surface area contributed by atoms with Crippen LogP contribution in [-0.4, -0.2) is 47.0 Å². The van der Waals surface area contributed by atoms with Crippen LogP contribution in [0.25, 0.3) is 10.4 Å². The topological polar surface area (TPSA) is 144 Å². The zero-order valence-electron chi connectivity index (χ0n) is 22.8. The van der Waals surface area contributed by atoms with Crippen LogP contribution in [0.4, 0.5) is 10.1 Å². The number of halogens is 3. The number of Topliss-reactive ketones (excluding diaryl/α,β-unsaturated/α-hetero) is 1. The maximum absolute atomic E-state index is 14.6. The number of nitrogens with one attached hydrogen (secondary N) is 2. The van der Waals surface area contributed by atoms with Gasteiger partial charge >= 0.3 is 0 Å². The van der Waals surface area contributed by atoms with Crippen molar-refractivity contribution in [3.8, 4) is 0 Å². The van der Waals surface area contributed by atoms with Gasteiger partial charge in [0.05, 0.1) is 15.7 Å². The van der Waals surface area contributed by atoms with Crippen molar-refractivity contribution >= 4 is 52.4 Å². The van der Waals surface area contributed by atoms with Crippen LogP contribution in [0.15, 0.2) is 71.8 Å². The molecule has 0 saturated carbocycles. The van der Waals surface area contributed by atoms with Crippen LogP contribution in [0.5, 0.6) is 0 Å². The number of fused-ring (bicyclic) bond motifs is 1. The molecule has 1 aliphatic heterocycles. The van der Waals surface area contributed by atoms with E-state index < -0.39 is 35.6 Å². The van der Waals surface area contributed by atoms with E-state index in [9.17, 15) is 23.6 Å². The highest BCUT2D eigenvalue weighted by molar-refractivity contribution is 6.42. The van der Waals surface area contributed by atoms with E-state index >= 15 is 0 Å². The Morgan fingerprint density at radius 1 is 1.00 bits per heavy atom. The average Bonchev–Trinajstić information content (AvgIpc) is 3.02. The van der Waals surface area contributed by atoms with Crippen LogP contribution in [-0.2, 0) is 27.3 Å². The van der Waals surface area contributed by atoms with E-state index in [1.807, 2.05) is 24.3 Å². The Morgan fingerprint density at radius 3 is 2.42 bits per heavy atom. The Kier molecular flexibility index (Phi) is 10.7. The van der Waals surface area contributed by atoms with Gasteiger partial charge in [0.25, 0.3) is 0 Å². The standard InChI is InChI=1S/C30H27Cl2FN6O4/c31-21-10-11-22(28(33)27(21)32)36-29(42)23(14-15-35-38-34)37-30(43)24-16-19-8-4-5-9-20(19)17-39(24)26(41)13-12-25(40)18-6-2-1-3-7-18/h1-11,23-24H,12-17H2,(H,36,42)(H,37,43)/t23-,24-/m0/s1. The summed E-state index contributed by atoms with van der Waals surface area (Å²) in [5.74, 6) is -2.97. The molecule has 3 aromatic carbocycles. The number of carbonyl (C=O) groups is 4. The van der Waals surface area contributed by atoms with Crippen LogP contribution < -0.4 is 10.6 Å². The second kappa shape index (κ2) is 14.6. The van der Waals surface area contributed by atoms with Crippen LogP contribution in [0.3, 0.4) is 0 Å². The van der Waals surface area contributed by atoms with Gasteiger partial charge in [0.1, 0.15) is 12.1 Å². The lowest BCUT2D eigenvalue weighted by atomic mass is 9.92. The van der Waals surface area contributed by atoms with Gasteiger partial charge in [-0.2, -0.15) is 0 Å². The molecule has 1 heterocycles. The molecule has 13 heteroatoms. The fraction of sp³-hybridized carbons (Fsp3) is 0.267. The predicted molar refractivity (Wildman–Crippen MR) is 160 cm³/mol. The van der Waals surface area contributed by atoms with E-state index in [4.69, 9.17) is 28.7 Å². The van der Waals surface area contributed by atoms with Crippen molar-refractivity contribution in [2.24, 2.45) is 5.11 Å². The molecule has 2 atom stereocenters. The van der Waals surface area contributed by atoms with Crippen molar-refractivity contribution < 1.29 is 23.6 Å². The molecule has 0 aromatic heterocycles. The molecule has 3 aromatic rings. The fourth-order valence-electron chi connectivity index (χ4n) is 4.76. The third kappa shape index (κ3) is 7.90. The molecule has 0 unspecified atom stereocenters. The molecule has 0 fully saturated rings. The summed E-state index contributed by atoms with van der Waals surface area (Å²) >= 11 is 11.7. The molecule has 4 rings (SSSR count). The van der Waals surface area contributed by atoms with E-state index in [-0.39, 0.29) is 60.3 Å². The van der Waals surface area contributed by atoms with E-state index in [0.29, 0.717) is 5.56 Å². The van der Waals surface area contributed by atoms with Crippen molar-refractivity contribution in [1.82, 2.24) is 10.2 Å². The number of hydrogen-bond donors (Lipinski definition) is 2. The first-order chi connectivity index (χ1) is 20.7. The van der Waals surface area contributed by atoms with Gasteiger partial charge in [-0.25, -0.2) is 4.39 Å². The minimum Gasteiger partial charge on any atom is -0.342 e. The number of nitrogens with zero attached hydrogens (tertiary/aromatic N) is 4. The summed E-state index contributed by atoms with van der Waals surface area (Å²) in [5.41, 5.74) is 10.7. The van der Waals surface area contributed by atoms with Gasteiger partial charge in [-0.15, -0.1) is 0 Å². The molecule has 0 aliphatic carbocycles. The first-order valence-corrected chi connectivity index (χ1v) is 14.1. The second-order valence-electron chi connectivity index (χ2n) is 9.82. The highest BCUT2D eigenvalue weighted by Gasteiger charge is 2.36. The third-order valence-corrected chi connectivity index (χ3v) is 7.82. The highest BCUT2D eigenvalue weighted by atomic mass is 35.5. The monoisotopic (exact) mass is 624 g/mol. The van der Waals surface area contributed by atoms with Crippen molar-refractivity contribution in [3.63, 3.8) is 0 Å². The third-order valence-electron chi connectivity index (χ3n) is 7.04. The number of rotatable bonds is 11. The van der Waals surface area contributed by atoms with Crippen molar-refractivity contribution in [3.05, 3.63) is 110 Å². The Morgan fingerprint density at radius 2 is 1.70 bits per heavy atom. The number of azide groups is 1. The van der Waals surface area contributed by atoms with Gasteiger partial charge in [0.15, 0.2) is 11.6 Å². The molecule has 0 bridgehead atoms. The summed E-state index contributed by atoms with van der Waals surface area (Å²) in [7, 11) is 0. The van der Waals surface area contributed by atoms with Gasteiger partial charge in [-0.3, -0.25) is 19.2 Å². The molecule has 2 N–H and O–H groups in total. The van der Waals surface area contributed by atoms with Crippen molar-refractivity contribution in [2.45, 2.75) is 44.3 Å². The smallest absolute Gasteiger partial charge is 0.247 e. The molecule has 10 nitrogen and oxygen atoms in total. The van der Waals surface area contributed by atoms with E-state index in [1.54, 1.807) is 30.3 Å². The molecule has 0 radical (unpaired) electrons. The lowest BCUT2D eigenvalue weighted by molar-refractivity contribution is -0.142. The van der Waals surface area contributed by atoms with Gasteiger partial charge in [0, 0.05) is 42.8 Å². The Hall–Kier alpha value is -4.44. The minimum atomic E-state index is -1.25. The summed E-state index contributed by atoms with van der Waals surface area (Å²) in [4.78, 5) is 57.0. The van der Waals surface area contributed by atoms with Crippen LogP contribution in [0.2, 0.25) is 10.0 Å². The lowest BCUT2D eigenvalue weighted by Crippen LogP contribution is -2.56.